The fourth-order valence-corrected chi connectivity index (χ4v) is 4.69. The van der Waals surface area contributed by atoms with Gasteiger partial charge in [0.05, 0.1) is 6.04 Å². The maximum atomic E-state index is 13.3. The number of H-pyrrole nitrogens is 1. The molecular weight excluding hydrogens is 440 g/mol. The third kappa shape index (κ3) is 4.40. The second-order valence-electron chi connectivity index (χ2n) is 8.72. The number of hydrogen-bond donors (Lipinski definition) is 2. The predicted molar refractivity (Wildman–Crippen MR) is 134 cm³/mol. The van der Waals surface area contributed by atoms with Gasteiger partial charge in [-0.25, -0.2) is 4.79 Å². The summed E-state index contributed by atoms with van der Waals surface area (Å²) in [5, 5.41) is 3.76. The summed E-state index contributed by atoms with van der Waals surface area (Å²) in [6.45, 7) is -0.318. The Morgan fingerprint density at radius 1 is 0.914 bits per heavy atom. The van der Waals surface area contributed by atoms with Gasteiger partial charge in [0.15, 0.2) is 0 Å². The highest BCUT2D eigenvalue weighted by molar-refractivity contribution is 6.06. The molecule has 176 valence electrons. The molecule has 7 heteroatoms. The fraction of sp³-hybridized carbons (Fsp3) is 0.179. The SMILES string of the molecule is CN(C(=O)CN1C(=O)N[C@H](Cc2c[nH]c3ccccc23)C1=O)C(c1ccccc1)c1ccccc1. The van der Waals surface area contributed by atoms with E-state index in [4.69, 9.17) is 0 Å². The standard InChI is InChI=1S/C28H26N4O3/c1-31(26(19-10-4-2-5-11-19)20-12-6-3-7-13-20)25(33)18-32-27(34)24(30-28(32)35)16-21-17-29-23-15-9-8-14-22(21)23/h2-15,17,24,26,29H,16,18H2,1H3,(H,30,35)/t24-/m1/s1. The van der Waals surface area contributed by atoms with Crippen LogP contribution in [0.1, 0.15) is 22.7 Å². The van der Waals surface area contributed by atoms with E-state index < -0.39 is 18.0 Å². The van der Waals surface area contributed by atoms with Gasteiger partial charge in [0.2, 0.25) is 5.91 Å². The third-order valence-electron chi connectivity index (χ3n) is 6.51. The van der Waals surface area contributed by atoms with Crippen LogP contribution >= 0.6 is 0 Å². The predicted octanol–water partition coefficient (Wildman–Crippen LogP) is 3.88. The summed E-state index contributed by atoms with van der Waals surface area (Å²) in [5.74, 6) is -0.711. The number of carbonyl (C=O) groups is 3. The largest absolute Gasteiger partial charge is 0.361 e. The summed E-state index contributed by atoms with van der Waals surface area (Å²) in [7, 11) is 1.70. The molecule has 7 nitrogen and oxygen atoms in total. The molecule has 1 aliphatic rings. The van der Waals surface area contributed by atoms with Crippen molar-refractivity contribution in [3.63, 3.8) is 0 Å². The minimum absolute atomic E-state index is 0.318. The van der Waals surface area contributed by atoms with Crippen molar-refractivity contribution in [2.24, 2.45) is 0 Å². The monoisotopic (exact) mass is 466 g/mol. The molecule has 0 aliphatic carbocycles. The zero-order valence-electron chi connectivity index (χ0n) is 19.3. The van der Waals surface area contributed by atoms with Crippen molar-refractivity contribution in [1.82, 2.24) is 20.1 Å². The van der Waals surface area contributed by atoms with Crippen LogP contribution in [0.15, 0.2) is 91.1 Å². The smallest absolute Gasteiger partial charge is 0.325 e. The summed E-state index contributed by atoms with van der Waals surface area (Å²) >= 11 is 0. The van der Waals surface area contributed by atoms with E-state index >= 15 is 0 Å². The van der Waals surface area contributed by atoms with Crippen molar-refractivity contribution < 1.29 is 14.4 Å². The number of aromatic amines is 1. The zero-order chi connectivity index (χ0) is 24.4. The Morgan fingerprint density at radius 3 is 2.17 bits per heavy atom. The quantitative estimate of drug-likeness (QED) is 0.406. The van der Waals surface area contributed by atoms with Crippen LogP contribution in [0.3, 0.4) is 0 Å². The first-order valence-electron chi connectivity index (χ1n) is 11.6. The van der Waals surface area contributed by atoms with Gasteiger partial charge in [-0.2, -0.15) is 0 Å². The molecule has 0 unspecified atom stereocenters. The Hall–Kier alpha value is -4.39. The van der Waals surface area contributed by atoms with Gasteiger partial charge in [0.1, 0.15) is 12.6 Å². The molecule has 4 amide bonds. The molecule has 3 aromatic carbocycles. The molecule has 0 radical (unpaired) electrons. The number of nitrogens with one attached hydrogen (secondary N) is 2. The second-order valence-corrected chi connectivity index (χ2v) is 8.72. The topological polar surface area (TPSA) is 85.5 Å². The van der Waals surface area contributed by atoms with Gasteiger partial charge in [-0.05, 0) is 22.8 Å². The van der Waals surface area contributed by atoms with Crippen molar-refractivity contribution in [3.05, 3.63) is 108 Å². The molecule has 1 saturated heterocycles. The first-order valence-corrected chi connectivity index (χ1v) is 11.6. The van der Waals surface area contributed by atoms with Gasteiger partial charge in [-0.1, -0.05) is 78.9 Å². The van der Waals surface area contributed by atoms with Crippen LogP contribution < -0.4 is 5.32 Å². The van der Waals surface area contributed by atoms with Gasteiger partial charge in [-0.3, -0.25) is 14.5 Å². The lowest BCUT2D eigenvalue weighted by atomic mass is 9.97. The van der Waals surface area contributed by atoms with Crippen LogP contribution in [0.25, 0.3) is 10.9 Å². The van der Waals surface area contributed by atoms with Crippen molar-refractivity contribution in [2.45, 2.75) is 18.5 Å². The molecular formula is C28H26N4O3. The molecule has 0 saturated carbocycles. The average Bonchev–Trinajstić information content (AvgIpc) is 3.41. The molecule has 4 aromatic rings. The molecule has 2 N–H and O–H groups in total. The van der Waals surface area contributed by atoms with E-state index in [-0.39, 0.29) is 18.5 Å². The number of benzene rings is 3. The lowest BCUT2D eigenvalue weighted by Gasteiger charge is -2.30. The molecule has 2 heterocycles. The number of likely N-dealkylation sites (N-methyl/N-ethyl adjacent to an activating group) is 1. The maximum absolute atomic E-state index is 13.3. The van der Waals surface area contributed by atoms with E-state index in [1.54, 1.807) is 11.9 Å². The normalized spacial score (nSPS) is 15.6. The van der Waals surface area contributed by atoms with Gasteiger partial charge in [-0.15, -0.1) is 0 Å². The number of carbonyl (C=O) groups excluding carboxylic acids is 3. The molecule has 0 spiro atoms. The minimum atomic E-state index is -0.709. The van der Waals surface area contributed by atoms with E-state index in [9.17, 15) is 14.4 Å². The Balaban J connectivity index is 1.33. The number of hydrogen-bond acceptors (Lipinski definition) is 3. The van der Waals surface area contributed by atoms with Gasteiger partial charge >= 0.3 is 6.03 Å². The van der Waals surface area contributed by atoms with E-state index in [0.717, 1.165) is 32.5 Å². The van der Waals surface area contributed by atoms with Crippen LogP contribution in [0.5, 0.6) is 0 Å². The van der Waals surface area contributed by atoms with Crippen molar-refractivity contribution in [3.8, 4) is 0 Å². The first kappa shape index (κ1) is 22.4. The lowest BCUT2D eigenvalue weighted by molar-refractivity contribution is -0.137. The maximum Gasteiger partial charge on any atom is 0.325 e. The number of nitrogens with zero attached hydrogens (tertiary/aromatic N) is 2. The highest BCUT2D eigenvalue weighted by Crippen LogP contribution is 2.28. The zero-order valence-corrected chi connectivity index (χ0v) is 19.3. The summed E-state index contributed by atoms with van der Waals surface area (Å²) in [4.78, 5) is 44.9. The number of amides is 4. The number of imide groups is 1. The molecule has 1 fully saturated rings. The molecule has 35 heavy (non-hydrogen) atoms. The Bertz CT molecular complexity index is 1330. The van der Waals surface area contributed by atoms with Crippen molar-refractivity contribution >= 4 is 28.7 Å². The summed E-state index contributed by atoms with van der Waals surface area (Å²) in [6.07, 6.45) is 2.21. The molecule has 1 aliphatic heterocycles. The van der Waals surface area contributed by atoms with E-state index in [1.807, 2.05) is 91.1 Å². The number of fused-ring (bicyclic) bond motifs is 1. The van der Waals surface area contributed by atoms with Crippen molar-refractivity contribution in [1.29, 1.82) is 0 Å². The van der Waals surface area contributed by atoms with Crippen LogP contribution in [0, 0.1) is 0 Å². The summed E-state index contributed by atoms with van der Waals surface area (Å²) in [6, 6.07) is 25.6. The molecule has 1 aromatic heterocycles. The van der Waals surface area contributed by atoms with Crippen LogP contribution in [0.4, 0.5) is 4.79 Å². The van der Waals surface area contributed by atoms with E-state index in [1.165, 1.54) is 0 Å². The first-order chi connectivity index (χ1) is 17.0. The van der Waals surface area contributed by atoms with Gasteiger partial charge < -0.3 is 15.2 Å². The third-order valence-corrected chi connectivity index (χ3v) is 6.51. The highest BCUT2D eigenvalue weighted by atomic mass is 16.2. The van der Waals surface area contributed by atoms with E-state index in [2.05, 4.69) is 10.3 Å². The Morgan fingerprint density at radius 2 is 1.51 bits per heavy atom. The minimum Gasteiger partial charge on any atom is -0.361 e. The van der Waals surface area contributed by atoms with Crippen LogP contribution in [0.2, 0.25) is 0 Å². The summed E-state index contributed by atoms with van der Waals surface area (Å²) in [5.41, 5.74) is 3.81. The van der Waals surface area contributed by atoms with Crippen LogP contribution in [-0.4, -0.2) is 52.3 Å². The lowest BCUT2D eigenvalue weighted by Crippen LogP contribution is -2.43. The molecule has 1 atom stereocenters. The Labute approximate surface area is 203 Å². The van der Waals surface area contributed by atoms with E-state index in [0.29, 0.717) is 6.42 Å². The van der Waals surface area contributed by atoms with Gasteiger partial charge in [0.25, 0.3) is 5.91 Å². The number of para-hydroxylation sites is 1. The highest BCUT2D eigenvalue weighted by Gasteiger charge is 2.40. The van der Waals surface area contributed by atoms with Gasteiger partial charge in [0, 0.05) is 30.6 Å². The number of rotatable bonds is 7. The van der Waals surface area contributed by atoms with Crippen LogP contribution in [-0.2, 0) is 16.0 Å². The van der Waals surface area contributed by atoms with Crippen molar-refractivity contribution in [2.75, 3.05) is 13.6 Å². The second kappa shape index (κ2) is 9.46. The molecule has 0 bridgehead atoms. The number of urea groups is 1. The number of aromatic nitrogens is 1. The molecule has 5 rings (SSSR count). The average molecular weight is 467 g/mol. The fourth-order valence-electron chi connectivity index (χ4n) is 4.69. The summed E-state index contributed by atoms with van der Waals surface area (Å²) < 4.78 is 0. The Kier molecular flexibility index (Phi) is 6.06.